The lowest BCUT2D eigenvalue weighted by Gasteiger charge is -2.23. The minimum Gasteiger partial charge on any atom is -0.378 e. The van der Waals surface area contributed by atoms with Gasteiger partial charge in [-0.1, -0.05) is 13.8 Å². The van der Waals surface area contributed by atoms with Crippen LogP contribution in [0.2, 0.25) is 0 Å². The fourth-order valence-corrected chi connectivity index (χ4v) is 2.53. The third-order valence-electron chi connectivity index (χ3n) is 3.70. The van der Waals surface area contributed by atoms with E-state index in [0.717, 1.165) is 32.5 Å². The van der Waals surface area contributed by atoms with E-state index < -0.39 is 0 Å². The van der Waals surface area contributed by atoms with Crippen LogP contribution in [0.3, 0.4) is 0 Å². The topological polar surface area (TPSA) is 49.9 Å². The van der Waals surface area contributed by atoms with E-state index in [1.165, 1.54) is 0 Å². The number of anilines is 1. The van der Waals surface area contributed by atoms with Gasteiger partial charge in [0.05, 0.1) is 18.9 Å². The Morgan fingerprint density at radius 3 is 2.00 bits per heavy atom. The smallest absolute Gasteiger partial charge is 0.249 e. The van der Waals surface area contributed by atoms with Crippen molar-refractivity contribution in [3.05, 3.63) is 26.0 Å². The summed E-state index contributed by atoms with van der Waals surface area (Å²) in [7, 11) is 1.83. The number of hydrogen-bond acceptors (Lipinski definition) is 5. The molecule has 1 aromatic rings. The lowest BCUT2D eigenvalue weighted by Crippen LogP contribution is -2.42. The zero-order valence-corrected chi connectivity index (χ0v) is 13.8. The van der Waals surface area contributed by atoms with Crippen molar-refractivity contribution in [1.82, 2.24) is 4.90 Å². The Balaban J connectivity index is 2.22. The molecule has 0 heterocycles. The highest BCUT2D eigenvalue weighted by Crippen LogP contribution is 2.10. The second-order valence-corrected chi connectivity index (χ2v) is 5.51. The SMILES string of the molecule is CCCN(CCC)CCOCCN(C)c1c(C)c(=O)c1=O. The van der Waals surface area contributed by atoms with Gasteiger partial charge < -0.3 is 14.5 Å². The Kier molecular flexibility index (Phi) is 7.61. The quantitative estimate of drug-likeness (QED) is 0.453. The predicted octanol–water partition coefficient (Wildman–Crippen LogP) is 1.17. The molecule has 1 rings (SSSR count). The Bertz CT molecular complexity index is 486. The van der Waals surface area contributed by atoms with Crippen LogP contribution >= 0.6 is 0 Å². The van der Waals surface area contributed by atoms with Crippen LogP contribution in [-0.4, -0.2) is 51.3 Å². The first-order valence-corrected chi connectivity index (χ1v) is 7.84. The molecule has 120 valence electrons. The van der Waals surface area contributed by atoms with Crippen molar-refractivity contribution in [2.45, 2.75) is 33.6 Å². The second kappa shape index (κ2) is 8.95. The van der Waals surface area contributed by atoms with Crippen LogP contribution in [0.25, 0.3) is 0 Å². The minimum absolute atomic E-state index is 0.354. The van der Waals surface area contributed by atoms with E-state index in [-0.39, 0.29) is 10.9 Å². The van der Waals surface area contributed by atoms with Crippen LogP contribution in [0.4, 0.5) is 5.69 Å². The van der Waals surface area contributed by atoms with Crippen LogP contribution in [0.1, 0.15) is 32.3 Å². The highest BCUT2D eigenvalue weighted by Gasteiger charge is 2.19. The molecule has 0 N–H and O–H groups in total. The zero-order valence-electron chi connectivity index (χ0n) is 13.8. The van der Waals surface area contributed by atoms with Crippen molar-refractivity contribution in [2.24, 2.45) is 0 Å². The molecule has 5 heteroatoms. The standard InChI is InChI=1S/C16H28N2O3/c1-5-7-18(8-6-2)10-12-21-11-9-17(4)14-13(3)15(19)16(14)20/h5-12H2,1-4H3. The van der Waals surface area contributed by atoms with Gasteiger partial charge in [-0.2, -0.15) is 0 Å². The first-order chi connectivity index (χ1) is 10.0. The van der Waals surface area contributed by atoms with Crippen molar-refractivity contribution in [1.29, 1.82) is 0 Å². The number of ether oxygens (including phenoxy) is 1. The highest BCUT2D eigenvalue weighted by atomic mass is 16.5. The number of likely N-dealkylation sites (N-methyl/N-ethyl adjacent to an activating group) is 1. The first kappa shape index (κ1) is 17.9. The summed E-state index contributed by atoms with van der Waals surface area (Å²) in [5.41, 5.74) is 0.390. The lowest BCUT2D eigenvalue weighted by molar-refractivity contribution is 0.108. The van der Waals surface area contributed by atoms with Gasteiger partial charge in [-0.25, -0.2) is 0 Å². The van der Waals surface area contributed by atoms with Crippen LogP contribution in [0.5, 0.6) is 0 Å². The van der Waals surface area contributed by atoms with Gasteiger partial charge in [-0.15, -0.1) is 0 Å². The highest BCUT2D eigenvalue weighted by molar-refractivity contribution is 5.57. The molecular formula is C16H28N2O3. The summed E-state index contributed by atoms with van der Waals surface area (Å²) in [5, 5.41) is 0. The molecule has 0 amide bonds. The molecule has 0 aliphatic carbocycles. The van der Waals surface area contributed by atoms with Gasteiger partial charge in [-0.05, 0) is 32.9 Å². The van der Waals surface area contributed by atoms with Gasteiger partial charge >= 0.3 is 0 Å². The molecule has 0 radical (unpaired) electrons. The number of rotatable bonds is 11. The normalized spacial score (nSPS) is 11.5. The molecule has 21 heavy (non-hydrogen) atoms. The first-order valence-electron chi connectivity index (χ1n) is 7.84. The molecule has 0 bridgehead atoms. The third kappa shape index (κ3) is 4.93. The fourth-order valence-electron chi connectivity index (χ4n) is 2.53. The van der Waals surface area contributed by atoms with E-state index in [1.54, 1.807) is 6.92 Å². The van der Waals surface area contributed by atoms with Crippen molar-refractivity contribution < 1.29 is 4.74 Å². The molecule has 1 aromatic carbocycles. The largest absolute Gasteiger partial charge is 0.378 e. The minimum atomic E-state index is -0.368. The summed E-state index contributed by atoms with van der Waals surface area (Å²) in [6.07, 6.45) is 2.32. The summed E-state index contributed by atoms with van der Waals surface area (Å²) in [6.45, 7) is 11.2. The van der Waals surface area contributed by atoms with Crippen molar-refractivity contribution in [2.75, 3.05) is 51.3 Å². The number of hydrogen-bond donors (Lipinski definition) is 0. The zero-order chi connectivity index (χ0) is 15.8. The lowest BCUT2D eigenvalue weighted by atomic mass is 10.1. The van der Waals surface area contributed by atoms with E-state index in [1.807, 2.05) is 11.9 Å². The van der Waals surface area contributed by atoms with Crippen LogP contribution < -0.4 is 15.8 Å². The summed E-state index contributed by atoms with van der Waals surface area (Å²) in [4.78, 5) is 26.8. The van der Waals surface area contributed by atoms with E-state index in [0.29, 0.717) is 31.0 Å². The fraction of sp³-hybridized carbons (Fsp3) is 0.750. The van der Waals surface area contributed by atoms with Gasteiger partial charge in [0.2, 0.25) is 10.9 Å². The summed E-state index contributed by atoms with van der Waals surface area (Å²) < 4.78 is 5.64. The van der Waals surface area contributed by atoms with Gasteiger partial charge in [0.1, 0.15) is 0 Å². The van der Waals surface area contributed by atoms with E-state index >= 15 is 0 Å². The van der Waals surface area contributed by atoms with E-state index in [2.05, 4.69) is 18.7 Å². The molecule has 0 saturated carbocycles. The average Bonchev–Trinajstić information content (AvgIpc) is 2.47. The van der Waals surface area contributed by atoms with Crippen molar-refractivity contribution >= 4 is 5.69 Å². The molecule has 0 atom stereocenters. The molecule has 5 nitrogen and oxygen atoms in total. The Morgan fingerprint density at radius 2 is 1.48 bits per heavy atom. The summed E-state index contributed by atoms with van der Waals surface area (Å²) in [5.74, 6) is 0. The second-order valence-electron chi connectivity index (χ2n) is 5.51. The van der Waals surface area contributed by atoms with Crippen molar-refractivity contribution in [3.8, 4) is 0 Å². The molecular weight excluding hydrogens is 268 g/mol. The molecule has 0 unspecified atom stereocenters. The van der Waals surface area contributed by atoms with Crippen LogP contribution in [-0.2, 0) is 4.74 Å². The molecule has 0 saturated heterocycles. The Labute approximate surface area is 127 Å². The molecule has 0 aliphatic heterocycles. The van der Waals surface area contributed by atoms with Gasteiger partial charge in [0, 0.05) is 25.7 Å². The summed E-state index contributed by atoms with van der Waals surface area (Å²) in [6, 6.07) is 0. The van der Waals surface area contributed by atoms with Crippen LogP contribution in [0, 0.1) is 6.92 Å². The summed E-state index contributed by atoms with van der Waals surface area (Å²) >= 11 is 0. The monoisotopic (exact) mass is 296 g/mol. The maximum absolute atomic E-state index is 11.4. The molecule has 0 aliphatic rings. The maximum Gasteiger partial charge on any atom is 0.249 e. The Hall–Kier alpha value is -1.20. The average molecular weight is 296 g/mol. The van der Waals surface area contributed by atoms with Crippen LogP contribution in [0.15, 0.2) is 9.59 Å². The number of nitrogens with zero attached hydrogens (tertiary/aromatic N) is 2. The Morgan fingerprint density at radius 1 is 0.905 bits per heavy atom. The van der Waals surface area contributed by atoms with Crippen molar-refractivity contribution in [3.63, 3.8) is 0 Å². The van der Waals surface area contributed by atoms with Gasteiger partial charge in [0.25, 0.3) is 0 Å². The van der Waals surface area contributed by atoms with Gasteiger partial charge in [-0.3, -0.25) is 9.59 Å². The molecule has 0 aromatic heterocycles. The third-order valence-corrected chi connectivity index (χ3v) is 3.70. The molecule has 0 fully saturated rings. The molecule has 0 spiro atoms. The van der Waals surface area contributed by atoms with Gasteiger partial charge in [0.15, 0.2) is 0 Å². The van der Waals surface area contributed by atoms with E-state index in [9.17, 15) is 9.59 Å². The maximum atomic E-state index is 11.4. The van der Waals surface area contributed by atoms with E-state index in [4.69, 9.17) is 4.74 Å². The predicted molar refractivity (Wildman–Crippen MR) is 87.2 cm³/mol.